The number of amides is 4. The first kappa shape index (κ1) is 47.8. The van der Waals surface area contributed by atoms with Gasteiger partial charge in [0, 0.05) is 138 Å². The van der Waals surface area contributed by atoms with Crippen molar-refractivity contribution in [2.45, 2.75) is 70.4 Å². The van der Waals surface area contributed by atoms with E-state index in [9.17, 15) is 38.2 Å². The largest absolute Gasteiger partial charge is 0.393 e. The van der Waals surface area contributed by atoms with Crippen LogP contribution in [-0.2, 0) is 32.6 Å². The van der Waals surface area contributed by atoms with Gasteiger partial charge < -0.3 is 30.7 Å². The molecule has 1 aromatic heterocycles. The Morgan fingerprint density at radius 3 is 2.37 bits per heavy atom. The number of imidazole rings is 1. The van der Waals surface area contributed by atoms with Crippen molar-refractivity contribution in [2.24, 2.45) is 7.05 Å². The van der Waals surface area contributed by atoms with E-state index < -0.39 is 18.4 Å². The number of hydrogen-bond acceptors (Lipinski definition) is 11. The number of nitrogens with one attached hydrogen (secondary N) is 5. The van der Waals surface area contributed by atoms with Crippen molar-refractivity contribution in [1.82, 2.24) is 44.7 Å². The lowest BCUT2D eigenvalue weighted by molar-refractivity contribution is -0.136. The fraction of sp³-hybridized carbons (Fsp3) is 0.490. The molecule has 4 amide bonds. The number of allylic oxidation sites excluding steroid dienone is 1. The first-order valence-electron chi connectivity index (χ1n) is 23.4. The summed E-state index contributed by atoms with van der Waals surface area (Å²) in [5.74, 6) is 5.83. The number of aromatic nitrogens is 2. The summed E-state index contributed by atoms with van der Waals surface area (Å²) in [6.45, 7) is 7.76. The average molecular weight is 935 g/mol. The fourth-order valence-electron chi connectivity index (χ4n) is 10.1. The van der Waals surface area contributed by atoms with E-state index in [1.165, 1.54) is 28.3 Å². The zero-order valence-electron chi connectivity index (χ0n) is 38.9. The van der Waals surface area contributed by atoms with Gasteiger partial charge in [0.05, 0.1) is 30.7 Å². The van der Waals surface area contributed by atoms with E-state index in [1.54, 1.807) is 36.0 Å². The molecule has 1 unspecified atom stereocenters. The number of amidine groups is 1. The van der Waals surface area contributed by atoms with E-state index in [4.69, 9.17) is 5.41 Å². The lowest BCUT2D eigenvalue weighted by Crippen LogP contribution is -2.52. The summed E-state index contributed by atoms with van der Waals surface area (Å²) in [7, 11) is 3.31. The van der Waals surface area contributed by atoms with Crippen LogP contribution < -0.4 is 26.5 Å². The van der Waals surface area contributed by atoms with E-state index in [0.717, 1.165) is 62.1 Å². The molecule has 6 heterocycles. The fourth-order valence-corrected chi connectivity index (χ4v) is 10.1. The Morgan fingerprint density at radius 2 is 1.68 bits per heavy atom. The van der Waals surface area contributed by atoms with Crippen LogP contribution in [-0.4, -0.2) is 149 Å². The number of fused-ring (bicyclic) bond motifs is 2. The molecule has 68 heavy (non-hydrogen) atoms. The summed E-state index contributed by atoms with van der Waals surface area (Å²) in [5, 5.41) is 26.3. The third-order valence-corrected chi connectivity index (χ3v) is 13.9. The van der Waals surface area contributed by atoms with Crippen molar-refractivity contribution >= 4 is 58.0 Å². The van der Waals surface area contributed by atoms with E-state index in [1.807, 2.05) is 17.0 Å². The van der Waals surface area contributed by atoms with Gasteiger partial charge in [-0.1, -0.05) is 11.8 Å². The predicted octanol–water partition coefficient (Wildman–Crippen LogP) is 2.95. The maximum Gasteiger partial charge on any atom is 0.329 e. The van der Waals surface area contributed by atoms with Crippen LogP contribution >= 0.6 is 0 Å². The molecule has 17 nitrogen and oxygen atoms in total. The summed E-state index contributed by atoms with van der Waals surface area (Å²) < 4.78 is 32.1. The highest BCUT2D eigenvalue weighted by Crippen LogP contribution is 2.38. The zero-order valence-corrected chi connectivity index (χ0v) is 38.9. The number of piperidine rings is 2. The van der Waals surface area contributed by atoms with Gasteiger partial charge >= 0.3 is 5.69 Å². The molecule has 19 heteroatoms. The molecule has 0 saturated carbocycles. The summed E-state index contributed by atoms with van der Waals surface area (Å²) in [6.07, 6.45) is 3.56. The number of nitrogens with zero attached hydrogens (tertiary/aromatic N) is 7. The maximum absolute atomic E-state index is 14.6. The highest BCUT2D eigenvalue weighted by molar-refractivity contribution is 6.11. The van der Waals surface area contributed by atoms with Crippen LogP contribution in [0.2, 0.25) is 0 Å². The molecule has 5 N–H and O–H groups in total. The van der Waals surface area contributed by atoms with Crippen molar-refractivity contribution in [3.63, 3.8) is 0 Å². The summed E-state index contributed by atoms with van der Waals surface area (Å²) >= 11 is 0. The smallest absolute Gasteiger partial charge is 0.329 e. The number of likely N-dealkylation sites (tertiary alicyclic amines) is 1. The van der Waals surface area contributed by atoms with Crippen molar-refractivity contribution in [3.8, 4) is 11.8 Å². The van der Waals surface area contributed by atoms with Crippen molar-refractivity contribution < 1.29 is 28.0 Å². The van der Waals surface area contributed by atoms with Gasteiger partial charge in [0.15, 0.2) is 0 Å². The molecule has 3 fully saturated rings. The molecule has 5 aliphatic heterocycles. The van der Waals surface area contributed by atoms with Gasteiger partial charge in [0.2, 0.25) is 23.6 Å². The van der Waals surface area contributed by atoms with Crippen LogP contribution in [0, 0.1) is 22.7 Å². The number of anilines is 1. The Kier molecular flexibility index (Phi) is 14.6. The number of hydrogen-bond donors (Lipinski definition) is 5. The molecule has 0 spiro atoms. The van der Waals surface area contributed by atoms with Crippen LogP contribution in [0.15, 0.2) is 52.6 Å². The molecule has 360 valence electrons. The van der Waals surface area contributed by atoms with Crippen LogP contribution in [0.4, 0.5) is 14.5 Å². The van der Waals surface area contributed by atoms with Gasteiger partial charge in [0.1, 0.15) is 11.9 Å². The topological polar surface area (TPSA) is 195 Å². The number of aryl methyl sites for hydroxylation is 2. The number of benzene rings is 2. The molecular weight excluding hydrogens is 875 g/mol. The Hall–Kier alpha value is -6.65. The van der Waals surface area contributed by atoms with Crippen molar-refractivity contribution in [3.05, 3.63) is 80.5 Å². The summed E-state index contributed by atoms with van der Waals surface area (Å²) in [5.41, 5.74) is 5.03. The van der Waals surface area contributed by atoms with E-state index in [2.05, 4.69) is 37.6 Å². The van der Waals surface area contributed by atoms with Crippen LogP contribution in [0.25, 0.3) is 16.6 Å². The maximum atomic E-state index is 14.6. The van der Waals surface area contributed by atoms with E-state index in [0.29, 0.717) is 86.4 Å². The third kappa shape index (κ3) is 10.1. The second kappa shape index (κ2) is 20.7. The summed E-state index contributed by atoms with van der Waals surface area (Å²) in [6, 6.07) is 7.96. The highest BCUT2D eigenvalue weighted by Gasteiger charge is 2.34. The number of rotatable bonds is 11. The molecule has 1 atom stereocenters. The van der Waals surface area contributed by atoms with Crippen LogP contribution in [0.1, 0.15) is 80.2 Å². The second-order valence-electron chi connectivity index (χ2n) is 18.2. The quantitative estimate of drug-likeness (QED) is 0.0827. The minimum absolute atomic E-state index is 0.0539. The number of carbonyl (C=O) groups is 4. The Labute approximate surface area is 394 Å². The van der Waals surface area contributed by atoms with Gasteiger partial charge in [-0.15, -0.1) is 0 Å². The molecule has 3 aromatic rings. The van der Waals surface area contributed by atoms with Crippen molar-refractivity contribution in [2.75, 3.05) is 83.9 Å². The van der Waals surface area contributed by atoms with Gasteiger partial charge in [-0.3, -0.25) is 48.8 Å². The molecule has 3 saturated heterocycles. The van der Waals surface area contributed by atoms with Crippen LogP contribution in [0.3, 0.4) is 0 Å². The van der Waals surface area contributed by atoms with E-state index >= 15 is 0 Å². The standard InChI is InChI=1S/C49H60F2N12O5/c1-31(64)61-19-14-39(38(29-61)47(53)62-16-5-7-33-25-36(34(27-52)28-54-2)37(46(50)51)26-42(33)62)55-35-12-17-60(18-13-35)45(66)30-59-22-20-58(21-23-59)15-4-6-32-8-9-40-43(24-32)57(3)49(68)63(40)41-10-11-44(65)56-48(41)67/h8-9,24-28,35,41,46,52-55H,5,7,10-23,29-30H2,1-3H3,(H,56,65,67)/b34-28+,52-27?,53-47?. The molecule has 5 aliphatic rings. The van der Waals surface area contributed by atoms with Crippen LogP contribution in [0.5, 0.6) is 0 Å². The first-order chi connectivity index (χ1) is 32.7. The Morgan fingerprint density at radius 1 is 0.926 bits per heavy atom. The number of alkyl halides is 2. The normalized spacial score (nSPS) is 20.0. The molecule has 8 rings (SSSR count). The second-order valence-corrected chi connectivity index (χ2v) is 18.2. The highest BCUT2D eigenvalue weighted by atomic mass is 19.3. The summed E-state index contributed by atoms with van der Waals surface area (Å²) in [4.78, 5) is 73.4. The number of carbonyl (C=O) groups excluding carboxylic acids is 4. The number of imide groups is 1. The van der Waals surface area contributed by atoms with Crippen molar-refractivity contribution in [1.29, 1.82) is 10.8 Å². The van der Waals surface area contributed by atoms with Gasteiger partial charge in [-0.25, -0.2) is 13.6 Å². The average Bonchev–Trinajstić information content (AvgIpc) is 3.58. The van der Waals surface area contributed by atoms with Gasteiger partial charge in [-0.05, 0) is 73.6 Å². The minimum atomic E-state index is -2.79. The van der Waals surface area contributed by atoms with Gasteiger partial charge in [-0.2, -0.15) is 0 Å². The lowest BCUT2D eigenvalue weighted by Gasteiger charge is -2.39. The monoisotopic (exact) mass is 934 g/mol. The SMILES string of the molecule is CN/C=C(\C=N)c1cc2c(cc1C(F)F)N(C(=N)C1=C(NC3CCN(C(=O)CN4CCN(CC#Cc5ccc6c(c5)n(C)c(=O)n6C5CCC(=O)NC5=O)CC4)CC3)CCN(C(C)=O)C1)CCC2. The zero-order chi connectivity index (χ0) is 48.2. The third-order valence-electron chi connectivity index (χ3n) is 13.9. The molecule has 0 aliphatic carbocycles. The van der Waals surface area contributed by atoms with Gasteiger partial charge in [0.25, 0.3) is 6.43 Å². The first-order valence-corrected chi connectivity index (χ1v) is 23.4. The molecule has 2 aromatic carbocycles. The Balaban J connectivity index is 0.844. The van der Waals surface area contributed by atoms with E-state index in [-0.39, 0.29) is 65.8 Å². The number of halogens is 2. The molecule has 0 radical (unpaired) electrons. The molecule has 0 bridgehead atoms. The lowest BCUT2D eigenvalue weighted by atomic mass is 9.91. The number of piperazine rings is 1. The predicted molar refractivity (Wildman–Crippen MR) is 256 cm³/mol. The Bertz CT molecular complexity index is 2700. The molecular formula is C49H60F2N12O5. The minimum Gasteiger partial charge on any atom is -0.393 e.